The van der Waals surface area contributed by atoms with Gasteiger partial charge in [-0.15, -0.1) is 0 Å². The van der Waals surface area contributed by atoms with Crippen LogP contribution in [0.2, 0.25) is 0 Å². The molecule has 20 heavy (non-hydrogen) atoms. The molecule has 0 saturated heterocycles. The fourth-order valence-electron chi connectivity index (χ4n) is 1.83. The van der Waals surface area contributed by atoms with Gasteiger partial charge in [0.05, 0.1) is 4.92 Å². The third-order valence-corrected chi connectivity index (χ3v) is 2.77. The van der Waals surface area contributed by atoms with Gasteiger partial charge in [0.2, 0.25) is 5.75 Å². The second-order valence-corrected chi connectivity index (χ2v) is 4.28. The predicted octanol–water partition coefficient (Wildman–Crippen LogP) is 3.29. The molecular weight excluding hydrogens is 263 g/mol. The first-order valence-electron chi connectivity index (χ1n) is 5.92. The fourth-order valence-corrected chi connectivity index (χ4v) is 1.83. The van der Waals surface area contributed by atoms with Gasteiger partial charge in [0, 0.05) is 18.7 Å². The summed E-state index contributed by atoms with van der Waals surface area (Å²) in [6, 6.07) is 8.60. The maximum absolute atomic E-state index is 13.4. The summed E-state index contributed by atoms with van der Waals surface area (Å²) in [5.74, 6) is -0.215. The molecule has 0 aliphatic heterocycles. The minimum atomic E-state index is -0.536. The van der Waals surface area contributed by atoms with Gasteiger partial charge in [-0.05, 0) is 30.2 Å². The van der Waals surface area contributed by atoms with Crippen molar-refractivity contribution in [3.05, 3.63) is 63.5 Å². The Morgan fingerprint density at radius 3 is 2.75 bits per heavy atom. The summed E-state index contributed by atoms with van der Waals surface area (Å²) in [7, 11) is 0. The van der Waals surface area contributed by atoms with Crippen molar-refractivity contribution in [1.82, 2.24) is 0 Å². The zero-order valence-corrected chi connectivity index (χ0v) is 10.8. The number of aryl methyl sites for hydroxylation is 1. The van der Waals surface area contributed by atoms with Crippen LogP contribution in [-0.4, -0.2) is 4.92 Å². The molecule has 0 aromatic heterocycles. The maximum Gasteiger partial charge on any atom is 0.311 e. The van der Waals surface area contributed by atoms with E-state index in [9.17, 15) is 14.5 Å². The Morgan fingerprint density at radius 1 is 1.35 bits per heavy atom. The molecule has 0 radical (unpaired) electrons. The highest BCUT2D eigenvalue weighted by atomic mass is 19.1. The molecule has 0 saturated carbocycles. The Morgan fingerprint density at radius 2 is 2.10 bits per heavy atom. The van der Waals surface area contributed by atoms with Crippen LogP contribution in [-0.2, 0) is 6.54 Å². The van der Waals surface area contributed by atoms with E-state index in [-0.39, 0.29) is 23.7 Å². The number of nitro benzene ring substituents is 1. The van der Waals surface area contributed by atoms with Gasteiger partial charge in [-0.3, -0.25) is 10.1 Å². The van der Waals surface area contributed by atoms with Crippen molar-refractivity contribution >= 4 is 5.69 Å². The molecule has 2 aromatic carbocycles. The number of halogens is 1. The van der Waals surface area contributed by atoms with Crippen LogP contribution in [0.5, 0.6) is 11.5 Å². The van der Waals surface area contributed by atoms with E-state index < -0.39 is 10.7 Å². The van der Waals surface area contributed by atoms with Gasteiger partial charge in [-0.1, -0.05) is 12.1 Å². The van der Waals surface area contributed by atoms with Gasteiger partial charge >= 0.3 is 5.69 Å². The standard InChI is InChI=1S/C14H13FN2O3/c1-9-3-2-4-13(17(18)19)14(9)20-12-6-10(8-16)5-11(15)7-12/h2-7H,8,16H2,1H3. The molecule has 104 valence electrons. The Bertz CT molecular complexity index is 659. The monoisotopic (exact) mass is 276 g/mol. The van der Waals surface area contributed by atoms with Crippen LogP contribution in [0.15, 0.2) is 36.4 Å². The van der Waals surface area contributed by atoms with Crippen molar-refractivity contribution in [3.63, 3.8) is 0 Å². The lowest BCUT2D eigenvalue weighted by atomic mass is 10.2. The molecule has 0 bridgehead atoms. The molecule has 0 spiro atoms. The molecule has 2 rings (SSSR count). The van der Waals surface area contributed by atoms with Crippen LogP contribution in [0.1, 0.15) is 11.1 Å². The summed E-state index contributed by atoms with van der Waals surface area (Å²) in [6.45, 7) is 1.84. The average molecular weight is 276 g/mol. The molecule has 2 N–H and O–H groups in total. The van der Waals surface area contributed by atoms with E-state index in [1.807, 2.05) is 0 Å². The van der Waals surface area contributed by atoms with Crippen molar-refractivity contribution in [3.8, 4) is 11.5 Å². The number of rotatable bonds is 4. The van der Waals surface area contributed by atoms with Gasteiger partial charge in [0.1, 0.15) is 11.6 Å². The second-order valence-electron chi connectivity index (χ2n) is 4.28. The van der Waals surface area contributed by atoms with E-state index in [2.05, 4.69) is 0 Å². The number of hydrogen-bond acceptors (Lipinski definition) is 4. The number of nitrogens with zero attached hydrogens (tertiary/aromatic N) is 1. The molecule has 0 aliphatic carbocycles. The summed E-state index contributed by atoms with van der Waals surface area (Å²) in [6.07, 6.45) is 0. The van der Waals surface area contributed by atoms with Crippen molar-refractivity contribution in [2.24, 2.45) is 5.73 Å². The zero-order chi connectivity index (χ0) is 14.7. The topological polar surface area (TPSA) is 78.4 Å². The van der Waals surface area contributed by atoms with Gasteiger partial charge < -0.3 is 10.5 Å². The lowest BCUT2D eigenvalue weighted by molar-refractivity contribution is -0.385. The largest absolute Gasteiger partial charge is 0.450 e. The molecule has 0 heterocycles. The molecule has 2 aromatic rings. The fraction of sp³-hybridized carbons (Fsp3) is 0.143. The van der Waals surface area contributed by atoms with E-state index in [0.29, 0.717) is 11.1 Å². The Balaban J connectivity index is 2.44. The van der Waals surface area contributed by atoms with Crippen LogP contribution in [0.25, 0.3) is 0 Å². The smallest absolute Gasteiger partial charge is 0.311 e. The summed E-state index contributed by atoms with van der Waals surface area (Å²) in [4.78, 5) is 10.4. The van der Waals surface area contributed by atoms with Gasteiger partial charge in [-0.2, -0.15) is 0 Å². The third-order valence-electron chi connectivity index (χ3n) is 2.77. The summed E-state index contributed by atoms with van der Waals surface area (Å²) in [5, 5.41) is 11.0. The summed E-state index contributed by atoms with van der Waals surface area (Å²) >= 11 is 0. The number of ether oxygens (including phenoxy) is 1. The first-order chi connectivity index (χ1) is 9.51. The Kier molecular flexibility index (Phi) is 3.95. The normalized spacial score (nSPS) is 10.3. The van der Waals surface area contributed by atoms with Crippen LogP contribution in [0, 0.1) is 22.9 Å². The summed E-state index contributed by atoms with van der Waals surface area (Å²) < 4.78 is 18.9. The molecule has 0 atom stereocenters. The lowest BCUT2D eigenvalue weighted by Crippen LogP contribution is -1.99. The molecule has 5 nitrogen and oxygen atoms in total. The molecule has 0 aliphatic rings. The average Bonchev–Trinajstić information content (AvgIpc) is 2.40. The van der Waals surface area contributed by atoms with Crippen molar-refractivity contribution in [2.45, 2.75) is 13.5 Å². The van der Waals surface area contributed by atoms with E-state index in [0.717, 1.165) is 6.07 Å². The van der Waals surface area contributed by atoms with E-state index in [4.69, 9.17) is 10.5 Å². The minimum Gasteiger partial charge on any atom is -0.450 e. The first-order valence-corrected chi connectivity index (χ1v) is 5.92. The molecule has 0 unspecified atom stereocenters. The maximum atomic E-state index is 13.4. The van der Waals surface area contributed by atoms with Gasteiger partial charge in [-0.25, -0.2) is 4.39 Å². The van der Waals surface area contributed by atoms with Crippen molar-refractivity contribution < 1.29 is 14.1 Å². The molecule has 0 amide bonds. The van der Waals surface area contributed by atoms with Crippen LogP contribution in [0.3, 0.4) is 0 Å². The number of nitro groups is 1. The minimum absolute atomic E-state index is 0.103. The lowest BCUT2D eigenvalue weighted by Gasteiger charge is -2.10. The number of hydrogen-bond donors (Lipinski definition) is 1. The highest BCUT2D eigenvalue weighted by molar-refractivity contribution is 5.53. The second kappa shape index (κ2) is 5.66. The van der Waals surface area contributed by atoms with E-state index >= 15 is 0 Å². The highest BCUT2D eigenvalue weighted by Crippen LogP contribution is 2.34. The first kappa shape index (κ1) is 14.0. The number of benzene rings is 2. The van der Waals surface area contributed by atoms with Crippen LogP contribution < -0.4 is 10.5 Å². The quantitative estimate of drug-likeness (QED) is 0.686. The SMILES string of the molecule is Cc1cccc([N+](=O)[O-])c1Oc1cc(F)cc(CN)c1. The van der Waals surface area contributed by atoms with Gasteiger partial charge in [0.25, 0.3) is 0 Å². The van der Waals surface area contributed by atoms with Gasteiger partial charge in [0.15, 0.2) is 0 Å². The Hall–Kier alpha value is -2.47. The van der Waals surface area contributed by atoms with Crippen LogP contribution >= 0.6 is 0 Å². The third kappa shape index (κ3) is 2.92. The molecule has 6 heteroatoms. The predicted molar refractivity (Wildman–Crippen MR) is 72.2 cm³/mol. The molecule has 0 fully saturated rings. The van der Waals surface area contributed by atoms with Crippen LogP contribution in [0.4, 0.5) is 10.1 Å². The van der Waals surface area contributed by atoms with E-state index in [1.165, 1.54) is 12.1 Å². The Labute approximate surface area is 114 Å². The van der Waals surface area contributed by atoms with Crippen molar-refractivity contribution in [1.29, 1.82) is 0 Å². The highest BCUT2D eigenvalue weighted by Gasteiger charge is 2.18. The molecular formula is C14H13FN2O3. The zero-order valence-electron chi connectivity index (χ0n) is 10.8. The summed E-state index contributed by atoms with van der Waals surface area (Å²) in [5.41, 5.74) is 6.44. The van der Waals surface area contributed by atoms with E-state index in [1.54, 1.807) is 25.1 Å². The number of nitrogens with two attached hydrogens (primary N) is 1. The van der Waals surface area contributed by atoms with Crippen molar-refractivity contribution in [2.75, 3.05) is 0 Å². The number of para-hydroxylation sites is 1.